The van der Waals surface area contributed by atoms with E-state index in [2.05, 4.69) is 33.0 Å². The molecule has 0 saturated carbocycles. The zero-order chi connectivity index (χ0) is 11.4. The summed E-state index contributed by atoms with van der Waals surface area (Å²) in [4.78, 5) is 14.1. The third kappa shape index (κ3) is 2.94. The lowest BCUT2D eigenvalue weighted by atomic mass is 10.1. The van der Waals surface area contributed by atoms with Gasteiger partial charge in [-0.1, -0.05) is 34.1 Å². The highest BCUT2D eigenvalue weighted by Crippen LogP contribution is 2.18. The van der Waals surface area contributed by atoms with Crippen LogP contribution in [0.15, 0.2) is 0 Å². The fraction of sp³-hybridized carbons (Fsp3) is 0.917. The van der Waals surface area contributed by atoms with Gasteiger partial charge in [-0.25, -0.2) is 0 Å². The van der Waals surface area contributed by atoms with E-state index in [0.717, 1.165) is 25.8 Å². The minimum atomic E-state index is 0.0558. The Morgan fingerprint density at radius 3 is 2.53 bits per heavy atom. The Kier molecular flexibility index (Phi) is 4.58. The van der Waals surface area contributed by atoms with Gasteiger partial charge in [-0.15, -0.1) is 0 Å². The quantitative estimate of drug-likeness (QED) is 0.755. The predicted octanol–water partition coefficient (Wildman–Crippen LogP) is 1.98. The predicted molar refractivity (Wildman–Crippen MR) is 62.5 cm³/mol. The maximum Gasteiger partial charge on any atom is 0.241 e. The van der Waals surface area contributed by atoms with Crippen LogP contribution >= 0.6 is 0 Å². The molecule has 0 bridgehead atoms. The highest BCUT2D eigenvalue weighted by molar-refractivity contribution is 5.84. The van der Waals surface area contributed by atoms with Crippen molar-refractivity contribution in [3.8, 4) is 0 Å². The van der Waals surface area contributed by atoms with Crippen LogP contribution in [0.3, 0.4) is 0 Å². The summed E-state index contributed by atoms with van der Waals surface area (Å²) < 4.78 is 0. The fourth-order valence-electron chi connectivity index (χ4n) is 2.16. The van der Waals surface area contributed by atoms with Gasteiger partial charge in [0.15, 0.2) is 0 Å². The summed E-state index contributed by atoms with van der Waals surface area (Å²) >= 11 is 0. The SMILES string of the molecule is CCCC1NC(CC)C(=O)N1CC(C)C. The largest absolute Gasteiger partial charge is 0.326 e. The van der Waals surface area contributed by atoms with Crippen molar-refractivity contribution >= 4 is 5.91 Å². The van der Waals surface area contributed by atoms with E-state index in [1.54, 1.807) is 0 Å². The van der Waals surface area contributed by atoms with Crippen LogP contribution < -0.4 is 5.32 Å². The first-order valence-corrected chi connectivity index (χ1v) is 6.16. The molecule has 1 fully saturated rings. The molecule has 1 aliphatic heterocycles. The van der Waals surface area contributed by atoms with Crippen molar-refractivity contribution in [1.29, 1.82) is 0 Å². The van der Waals surface area contributed by atoms with Crippen LogP contribution in [0.1, 0.15) is 47.0 Å². The van der Waals surface area contributed by atoms with Crippen LogP contribution in [-0.2, 0) is 4.79 Å². The molecule has 2 atom stereocenters. The zero-order valence-electron chi connectivity index (χ0n) is 10.4. The lowest BCUT2D eigenvalue weighted by Crippen LogP contribution is -2.39. The Labute approximate surface area is 93.2 Å². The molecule has 0 aromatic carbocycles. The lowest BCUT2D eigenvalue weighted by molar-refractivity contribution is -0.130. The molecule has 88 valence electrons. The molecular weight excluding hydrogens is 188 g/mol. The highest BCUT2D eigenvalue weighted by atomic mass is 16.2. The molecule has 2 unspecified atom stereocenters. The Bertz CT molecular complexity index is 216. The summed E-state index contributed by atoms with van der Waals surface area (Å²) in [6.45, 7) is 9.44. The average Bonchev–Trinajstić information content (AvgIpc) is 2.46. The summed E-state index contributed by atoms with van der Waals surface area (Å²) in [5.74, 6) is 0.843. The van der Waals surface area contributed by atoms with E-state index in [1.807, 2.05) is 4.90 Å². The molecule has 0 aliphatic carbocycles. The van der Waals surface area contributed by atoms with Crippen molar-refractivity contribution in [2.45, 2.75) is 59.2 Å². The van der Waals surface area contributed by atoms with Gasteiger partial charge in [-0.2, -0.15) is 0 Å². The maximum absolute atomic E-state index is 12.0. The number of carbonyl (C=O) groups excluding carboxylic acids is 1. The summed E-state index contributed by atoms with van der Waals surface area (Å²) in [6.07, 6.45) is 3.35. The van der Waals surface area contributed by atoms with E-state index in [9.17, 15) is 4.79 Å². The molecule has 1 saturated heterocycles. The summed E-state index contributed by atoms with van der Waals surface area (Å²) in [5.41, 5.74) is 0. The normalized spacial score (nSPS) is 26.7. The van der Waals surface area contributed by atoms with Crippen LogP contribution in [0, 0.1) is 5.92 Å². The fourth-order valence-corrected chi connectivity index (χ4v) is 2.16. The number of hydrogen-bond acceptors (Lipinski definition) is 2. The van der Waals surface area contributed by atoms with Crippen molar-refractivity contribution in [3.63, 3.8) is 0 Å². The summed E-state index contributed by atoms with van der Waals surface area (Å²) in [6, 6.07) is 0.0558. The Hall–Kier alpha value is -0.570. The molecule has 1 rings (SSSR count). The minimum absolute atomic E-state index is 0.0558. The van der Waals surface area contributed by atoms with Crippen molar-refractivity contribution in [1.82, 2.24) is 10.2 Å². The second kappa shape index (κ2) is 5.50. The number of nitrogens with zero attached hydrogens (tertiary/aromatic N) is 1. The van der Waals surface area contributed by atoms with E-state index in [-0.39, 0.29) is 12.2 Å². The number of rotatable bonds is 5. The van der Waals surface area contributed by atoms with Gasteiger partial charge in [-0.3, -0.25) is 10.1 Å². The van der Waals surface area contributed by atoms with E-state index >= 15 is 0 Å². The summed E-state index contributed by atoms with van der Waals surface area (Å²) in [7, 11) is 0. The van der Waals surface area contributed by atoms with Crippen LogP contribution in [0.5, 0.6) is 0 Å². The van der Waals surface area contributed by atoms with Gasteiger partial charge in [0, 0.05) is 6.54 Å². The second-order valence-electron chi connectivity index (χ2n) is 4.82. The molecular formula is C12H24N2O. The number of amides is 1. The third-order valence-corrected chi connectivity index (χ3v) is 2.88. The zero-order valence-corrected chi connectivity index (χ0v) is 10.4. The number of hydrogen-bond donors (Lipinski definition) is 1. The second-order valence-corrected chi connectivity index (χ2v) is 4.82. The van der Waals surface area contributed by atoms with Gasteiger partial charge in [0.1, 0.15) is 0 Å². The first kappa shape index (κ1) is 12.5. The molecule has 15 heavy (non-hydrogen) atoms. The van der Waals surface area contributed by atoms with Crippen LogP contribution in [-0.4, -0.2) is 29.6 Å². The Morgan fingerprint density at radius 1 is 1.40 bits per heavy atom. The first-order valence-electron chi connectivity index (χ1n) is 6.16. The summed E-state index contributed by atoms with van der Waals surface area (Å²) in [5, 5.41) is 3.42. The maximum atomic E-state index is 12.0. The molecule has 0 radical (unpaired) electrons. The average molecular weight is 212 g/mol. The molecule has 1 heterocycles. The van der Waals surface area contributed by atoms with Crippen LogP contribution in [0.2, 0.25) is 0 Å². The van der Waals surface area contributed by atoms with Crippen molar-refractivity contribution in [3.05, 3.63) is 0 Å². The van der Waals surface area contributed by atoms with E-state index in [0.29, 0.717) is 11.8 Å². The molecule has 0 aromatic heterocycles. The Morgan fingerprint density at radius 2 is 2.07 bits per heavy atom. The highest BCUT2D eigenvalue weighted by Gasteiger charge is 2.36. The number of nitrogens with one attached hydrogen (secondary N) is 1. The van der Waals surface area contributed by atoms with Gasteiger partial charge < -0.3 is 4.90 Å². The van der Waals surface area contributed by atoms with Gasteiger partial charge >= 0.3 is 0 Å². The molecule has 1 N–H and O–H groups in total. The van der Waals surface area contributed by atoms with E-state index in [4.69, 9.17) is 0 Å². The monoisotopic (exact) mass is 212 g/mol. The lowest BCUT2D eigenvalue weighted by Gasteiger charge is -2.25. The standard InChI is InChI=1S/C12H24N2O/c1-5-7-11-13-10(6-2)12(15)14(11)8-9(3)4/h9-11,13H,5-8H2,1-4H3. The topological polar surface area (TPSA) is 32.3 Å². The van der Waals surface area contributed by atoms with Gasteiger partial charge in [-0.05, 0) is 18.8 Å². The Balaban J connectivity index is 2.65. The molecule has 1 amide bonds. The van der Waals surface area contributed by atoms with Crippen LogP contribution in [0.4, 0.5) is 0 Å². The van der Waals surface area contributed by atoms with Crippen molar-refractivity contribution < 1.29 is 4.79 Å². The van der Waals surface area contributed by atoms with E-state index < -0.39 is 0 Å². The number of carbonyl (C=O) groups is 1. The third-order valence-electron chi connectivity index (χ3n) is 2.88. The van der Waals surface area contributed by atoms with Gasteiger partial charge in [0.2, 0.25) is 5.91 Å². The molecule has 3 nitrogen and oxygen atoms in total. The van der Waals surface area contributed by atoms with Crippen LogP contribution in [0.25, 0.3) is 0 Å². The molecule has 0 aromatic rings. The first-order chi connectivity index (χ1) is 7.10. The minimum Gasteiger partial charge on any atom is -0.326 e. The molecule has 0 spiro atoms. The smallest absolute Gasteiger partial charge is 0.241 e. The molecule has 1 aliphatic rings. The van der Waals surface area contributed by atoms with Gasteiger partial charge in [0.05, 0.1) is 12.2 Å². The van der Waals surface area contributed by atoms with E-state index in [1.165, 1.54) is 0 Å². The van der Waals surface area contributed by atoms with Crippen molar-refractivity contribution in [2.75, 3.05) is 6.54 Å². The van der Waals surface area contributed by atoms with Crippen molar-refractivity contribution in [2.24, 2.45) is 5.92 Å². The van der Waals surface area contributed by atoms with Gasteiger partial charge in [0.25, 0.3) is 0 Å². The molecule has 3 heteroatoms.